The van der Waals surface area contributed by atoms with Crippen molar-refractivity contribution in [2.75, 3.05) is 12.4 Å². The summed E-state index contributed by atoms with van der Waals surface area (Å²) < 4.78 is 48.9. The lowest BCUT2D eigenvalue weighted by molar-refractivity contribution is -0.173. The van der Waals surface area contributed by atoms with Crippen molar-refractivity contribution in [1.82, 2.24) is 25.0 Å². The van der Waals surface area contributed by atoms with Crippen LogP contribution in [0.5, 0.6) is 5.75 Å². The minimum absolute atomic E-state index is 0.0199. The Morgan fingerprint density at radius 3 is 2.66 bits per heavy atom. The van der Waals surface area contributed by atoms with Gasteiger partial charge < -0.3 is 10.1 Å². The Morgan fingerprint density at radius 1 is 1.28 bits per heavy atom. The minimum atomic E-state index is -4.54. The largest absolute Gasteiger partial charge is 0.497 e. The summed E-state index contributed by atoms with van der Waals surface area (Å²) in [5.74, 6) is -0.114. The molecule has 0 bridgehead atoms. The molecule has 2 N–H and O–H groups in total. The molecule has 0 radical (unpaired) electrons. The molecule has 2 atom stereocenters. The highest BCUT2D eigenvalue weighted by Crippen LogP contribution is 2.44. The van der Waals surface area contributed by atoms with E-state index in [9.17, 15) is 18.0 Å². The number of aromatic nitrogens is 4. The molecule has 1 amide bonds. The van der Waals surface area contributed by atoms with Gasteiger partial charge in [-0.1, -0.05) is 12.1 Å². The van der Waals surface area contributed by atoms with Crippen molar-refractivity contribution in [3.05, 3.63) is 59.5 Å². The summed E-state index contributed by atoms with van der Waals surface area (Å²) in [6.45, 7) is 0. The number of rotatable bonds is 5. The smallest absolute Gasteiger partial charge is 0.410 e. The minimum Gasteiger partial charge on any atom is -0.497 e. The van der Waals surface area contributed by atoms with Gasteiger partial charge >= 0.3 is 6.18 Å². The summed E-state index contributed by atoms with van der Waals surface area (Å²) in [6, 6.07) is 4.16. The second kappa shape index (κ2) is 8.36. The molecule has 32 heavy (non-hydrogen) atoms. The van der Waals surface area contributed by atoms with E-state index in [1.807, 2.05) is 0 Å². The van der Waals surface area contributed by atoms with Gasteiger partial charge in [-0.05, 0) is 17.7 Å². The number of aryl methyl sites for hydroxylation is 1. The van der Waals surface area contributed by atoms with Gasteiger partial charge in [-0.15, -0.1) is 0 Å². The van der Waals surface area contributed by atoms with Gasteiger partial charge in [-0.2, -0.15) is 28.5 Å². The molecule has 2 aromatic heterocycles. The zero-order chi connectivity index (χ0) is 22.9. The molecule has 1 aliphatic heterocycles. The SMILES string of the molecule is COc1ccc([C@@H]2C[C@@H](C(F)(F)F)n3ncc(C(=O)N/N=C\c4cnn(C)c4)c3N2)cc1. The molecule has 3 heterocycles. The molecule has 168 valence electrons. The summed E-state index contributed by atoms with van der Waals surface area (Å²) in [5.41, 5.74) is 3.56. The number of nitrogens with zero attached hydrogens (tertiary/aromatic N) is 5. The number of carbonyl (C=O) groups excluding carboxylic acids is 1. The topological polar surface area (TPSA) is 98.4 Å². The number of fused-ring (bicyclic) bond motifs is 1. The normalized spacial score (nSPS) is 18.3. The van der Waals surface area contributed by atoms with E-state index in [1.54, 1.807) is 48.4 Å². The van der Waals surface area contributed by atoms with E-state index in [0.29, 0.717) is 16.9 Å². The quantitative estimate of drug-likeness (QED) is 0.463. The molecule has 3 aromatic rings. The molecule has 0 unspecified atom stereocenters. The maximum absolute atomic E-state index is 13.8. The first-order chi connectivity index (χ1) is 15.3. The Balaban J connectivity index is 1.60. The number of hydrazone groups is 1. The van der Waals surface area contributed by atoms with Crippen LogP contribution in [-0.2, 0) is 7.05 Å². The van der Waals surface area contributed by atoms with Gasteiger partial charge in [-0.3, -0.25) is 9.48 Å². The molecule has 9 nitrogen and oxygen atoms in total. The van der Waals surface area contributed by atoms with Crippen molar-refractivity contribution in [2.24, 2.45) is 12.1 Å². The standard InChI is InChI=1S/C20H20F3N7O2/c1-29-11-12(9-25-29)8-24-28-19(31)15-10-26-30-17(20(21,22)23)7-16(27-18(15)30)13-3-5-14(32-2)6-4-13/h3-6,8-11,16-17,27H,7H2,1-2H3,(H,28,31)/b24-8-/t16-,17-/m0/s1. The summed E-state index contributed by atoms with van der Waals surface area (Å²) in [6.07, 6.45) is 0.905. The maximum Gasteiger partial charge on any atom is 0.410 e. The van der Waals surface area contributed by atoms with E-state index < -0.39 is 24.2 Å². The fourth-order valence-electron chi connectivity index (χ4n) is 3.52. The van der Waals surface area contributed by atoms with Crippen molar-refractivity contribution in [1.29, 1.82) is 0 Å². The molecule has 4 rings (SSSR count). The second-order valence-electron chi connectivity index (χ2n) is 7.26. The number of amides is 1. The number of hydrogen-bond acceptors (Lipinski definition) is 6. The van der Waals surface area contributed by atoms with Crippen LogP contribution >= 0.6 is 0 Å². The maximum atomic E-state index is 13.8. The fourth-order valence-corrected chi connectivity index (χ4v) is 3.52. The number of ether oxygens (including phenoxy) is 1. The van der Waals surface area contributed by atoms with Gasteiger partial charge in [0.15, 0.2) is 6.04 Å². The third-order valence-electron chi connectivity index (χ3n) is 5.11. The lowest BCUT2D eigenvalue weighted by Gasteiger charge is -2.34. The van der Waals surface area contributed by atoms with Crippen molar-refractivity contribution in [2.45, 2.75) is 24.7 Å². The molecular weight excluding hydrogens is 427 g/mol. The molecule has 0 saturated carbocycles. The van der Waals surface area contributed by atoms with Gasteiger partial charge in [0, 0.05) is 25.2 Å². The number of halogens is 3. The Bertz CT molecular complexity index is 1140. The van der Waals surface area contributed by atoms with E-state index in [2.05, 4.69) is 26.0 Å². The average Bonchev–Trinajstić information content (AvgIpc) is 3.38. The van der Waals surface area contributed by atoms with Gasteiger partial charge in [0.05, 0.1) is 31.8 Å². The summed E-state index contributed by atoms with van der Waals surface area (Å²) in [5, 5.41) is 14.7. The molecule has 1 aromatic carbocycles. The van der Waals surface area contributed by atoms with Crippen LogP contribution in [0.3, 0.4) is 0 Å². The van der Waals surface area contributed by atoms with Crippen molar-refractivity contribution < 1.29 is 22.7 Å². The fraction of sp³-hybridized carbons (Fsp3) is 0.300. The number of alkyl halides is 3. The van der Waals surface area contributed by atoms with Crippen molar-refractivity contribution >= 4 is 17.9 Å². The van der Waals surface area contributed by atoms with Crippen molar-refractivity contribution in [3.8, 4) is 5.75 Å². The average molecular weight is 447 g/mol. The summed E-state index contributed by atoms with van der Waals surface area (Å²) >= 11 is 0. The van der Waals surface area contributed by atoms with E-state index in [-0.39, 0.29) is 17.8 Å². The first kappa shape index (κ1) is 21.4. The third-order valence-corrected chi connectivity index (χ3v) is 5.11. The Kier molecular flexibility index (Phi) is 5.59. The monoisotopic (exact) mass is 447 g/mol. The molecule has 0 aliphatic carbocycles. The number of carbonyl (C=O) groups is 1. The molecule has 0 fully saturated rings. The molecule has 1 aliphatic rings. The van der Waals surface area contributed by atoms with E-state index in [0.717, 1.165) is 10.9 Å². The summed E-state index contributed by atoms with van der Waals surface area (Å²) in [4.78, 5) is 12.6. The van der Waals surface area contributed by atoms with Crippen LogP contribution in [0.15, 0.2) is 48.0 Å². The van der Waals surface area contributed by atoms with Gasteiger partial charge in [0.25, 0.3) is 5.91 Å². The zero-order valence-electron chi connectivity index (χ0n) is 17.2. The van der Waals surface area contributed by atoms with Gasteiger partial charge in [-0.25, -0.2) is 10.1 Å². The Morgan fingerprint density at radius 2 is 2.03 bits per heavy atom. The van der Waals surface area contributed by atoms with E-state index >= 15 is 0 Å². The summed E-state index contributed by atoms with van der Waals surface area (Å²) in [7, 11) is 3.24. The van der Waals surface area contributed by atoms with Gasteiger partial charge in [0.1, 0.15) is 17.1 Å². The van der Waals surface area contributed by atoms with Crippen LogP contribution in [0.1, 0.15) is 40.0 Å². The first-order valence-corrected chi connectivity index (χ1v) is 9.63. The molecule has 0 spiro atoms. The van der Waals surface area contributed by atoms with Crippen LogP contribution < -0.4 is 15.5 Å². The number of benzene rings is 1. The van der Waals surface area contributed by atoms with Gasteiger partial charge in [0.2, 0.25) is 0 Å². The number of anilines is 1. The van der Waals surface area contributed by atoms with E-state index in [1.165, 1.54) is 13.3 Å². The number of nitrogens with one attached hydrogen (secondary N) is 2. The number of methoxy groups -OCH3 is 1. The van der Waals surface area contributed by atoms with Crippen LogP contribution in [0, 0.1) is 0 Å². The predicted octanol–water partition coefficient (Wildman–Crippen LogP) is 3.05. The highest BCUT2D eigenvalue weighted by Gasteiger charge is 2.47. The highest BCUT2D eigenvalue weighted by molar-refractivity contribution is 5.99. The lowest BCUT2D eigenvalue weighted by atomic mass is 9.96. The van der Waals surface area contributed by atoms with Crippen LogP contribution in [0.4, 0.5) is 19.0 Å². The molecule has 0 saturated heterocycles. The second-order valence-corrected chi connectivity index (χ2v) is 7.26. The van der Waals surface area contributed by atoms with Crippen LogP contribution in [-0.4, -0.2) is 45.0 Å². The van der Waals surface area contributed by atoms with Crippen LogP contribution in [0.2, 0.25) is 0 Å². The lowest BCUT2D eigenvalue weighted by Crippen LogP contribution is -2.36. The van der Waals surface area contributed by atoms with Crippen molar-refractivity contribution in [3.63, 3.8) is 0 Å². The Labute approximate surface area is 180 Å². The third kappa shape index (κ3) is 4.29. The Hall–Kier alpha value is -3.83. The molecule has 12 heteroatoms. The zero-order valence-corrected chi connectivity index (χ0v) is 17.2. The highest BCUT2D eigenvalue weighted by atomic mass is 19.4. The van der Waals surface area contributed by atoms with E-state index in [4.69, 9.17) is 4.74 Å². The first-order valence-electron chi connectivity index (χ1n) is 9.63. The molecular formula is C20H20F3N7O2. The predicted molar refractivity (Wildman–Crippen MR) is 110 cm³/mol. The van der Waals surface area contributed by atoms with Crippen LogP contribution in [0.25, 0.3) is 0 Å². The number of hydrogen-bond donors (Lipinski definition) is 2.